The van der Waals surface area contributed by atoms with Crippen LogP contribution in [0.4, 0.5) is 11.8 Å². The zero-order valence-corrected chi connectivity index (χ0v) is 9.66. The highest BCUT2D eigenvalue weighted by Gasteiger charge is 2.53. The summed E-state index contributed by atoms with van der Waals surface area (Å²) < 4.78 is 0. The lowest BCUT2D eigenvalue weighted by Gasteiger charge is -2.15. The quantitative estimate of drug-likeness (QED) is 0.811. The molecule has 4 heteroatoms. The number of anilines is 2. The minimum Gasteiger partial charge on any atom is -0.369 e. The van der Waals surface area contributed by atoms with Gasteiger partial charge in [0.05, 0.1) is 0 Å². The Balaban J connectivity index is 1.65. The summed E-state index contributed by atoms with van der Waals surface area (Å²) in [6.07, 6.45) is 5.60. The van der Waals surface area contributed by atoms with Gasteiger partial charge < -0.3 is 11.1 Å². The number of nitrogens with two attached hydrogens (primary N) is 1. The minimum absolute atomic E-state index is 0.360. The SMILES string of the molecule is Cc1cc(NCC2(C3CC3)CC2)nc(N)n1. The summed E-state index contributed by atoms with van der Waals surface area (Å²) in [5.74, 6) is 2.20. The molecule has 1 heterocycles. The molecule has 1 aromatic heterocycles. The molecule has 1 aromatic rings. The Hall–Kier alpha value is -1.32. The highest BCUT2D eigenvalue weighted by Crippen LogP contribution is 2.61. The average molecular weight is 218 g/mol. The van der Waals surface area contributed by atoms with E-state index in [1.807, 2.05) is 13.0 Å². The van der Waals surface area contributed by atoms with Crippen LogP contribution in [0.3, 0.4) is 0 Å². The number of nitrogens with one attached hydrogen (secondary N) is 1. The number of aromatic nitrogens is 2. The Morgan fingerprint density at radius 1 is 1.44 bits per heavy atom. The summed E-state index contributed by atoms with van der Waals surface area (Å²) in [6.45, 7) is 2.99. The topological polar surface area (TPSA) is 63.8 Å². The van der Waals surface area contributed by atoms with E-state index in [1.54, 1.807) is 0 Å². The third-order valence-corrected chi connectivity index (χ3v) is 3.83. The second kappa shape index (κ2) is 3.34. The van der Waals surface area contributed by atoms with E-state index < -0.39 is 0 Å². The predicted molar refractivity (Wildman–Crippen MR) is 64.1 cm³/mol. The van der Waals surface area contributed by atoms with E-state index in [-0.39, 0.29) is 0 Å². The van der Waals surface area contributed by atoms with Crippen LogP contribution in [0.2, 0.25) is 0 Å². The molecule has 4 nitrogen and oxygen atoms in total. The Labute approximate surface area is 95.7 Å². The van der Waals surface area contributed by atoms with E-state index in [0.29, 0.717) is 11.4 Å². The highest BCUT2D eigenvalue weighted by atomic mass is 15.1. The van der Waals surface area contributed by atoms with E-state index in [1.165, 1.54) is 25.7 Å². The van der Waals surface area contributed by atoms with Gasteiger partial charge in [-0.1, -0.05) is 0 Å². The molecule has 86 valence electrons. The first-order valence-corrected chi connectivity index (χ1v) is 6.03. The molecule has 16 heavy (non-hydrogen) atoms. The summed E-state index contributed by atoms with van der Waals surface area (Å²) in [5, 5.41) is 3.42. The highest BCUT2D eigenvalue weighted by molar-refractivity contribution is 5.40. The van der Waals surface area contributed by atoms with E-state index >= 15 is 0 Å². The van der Waals surface area contributed by atoms with Crippen molar-refractivity contribution in [3.05, 3.63) is 11.8 Å². The van der Waals surface area contributed by atoms with Crippen LogP contribution >= 0.6 is 0 Å². The number of nitrogens with zero attached hydrogens (tertiary/aromatic N) is 2. The molecule has 2 aliphatic carbocycles. The number of rotatable bonds is 4. The molecule has 3 N–H and O–H groups in total. The maximum Gasteiger partial charge on any atom is 0.222 e. The van der Waals surface area contributed by atoms with Gasteiger partial charge in [0.2, 0.25) is 5.95 Å². The van der Waals surface area contributed by atoms with Crippen LogP contribution in [0.15, 0.2) is 6.07 Å². The van der Waals surface area contributed by atoms with E-state index in [4.69, 9.17) is 5.73 Å². The number of hydrogen-bond acceptors (Lipinski definition) is 4. The third kappa shape index (κ3) is 1.84. The molecule has 3 rings (SSSR count). The van der Waals surface area contributed by atoms with Gasteiger partial charge in [-0.3, -0.25) is 0 Å². The Morgan fingerprint density at radius 3 is 2.75 bits per heavy atom. The maximum absolute atomic E-state index is 5.62. The van der Waals surface area contributed by atoms with Crippen LogP contribution in [0.5, 0.6) is 0 Å². The van der Waals surface area contributed by atoms with Gasteiger partial charge in [0.1, 0.15) is 5.82 Å². The summed E-state index contributed by atoms with van der Waals surface area (Å²) in [4.78, 5) is 8.27. The van der Waals surface area contributed by atoms with Crippen LogP contribution < -0.4 is 11.1 Å². The molecule has 0 saturated heterocycles. The second-order valence-electron chi connectivity index (χ2n) is 5.24. The van der Waals surface area contributed by atoms with Crippen LogP contribution in [-0.4, -0.2) is 16.5 Å². The third-order valence-electron chi connectivity index (χ3n) is 3.83. The van der Waals surface area contributed by atoms with Crippen LogP contribution in [0.1, 0.15) is 31.4 Å². The molecule has 2 saturated carbocycles. The first-order chi connectivity index (χ1) is 7.68. The average Bonchev–Trinajstić information content (AvgIpc) is 3.07. The lowest BCUT2D eigenvalue weighted by molar-refractivity contribution is 0.466. The van der Waals surface area contributed by atoms with Crippen molar-refractivity contribution in [1.82, 2.24) is 9.97 Å². The first-order valence-electron chi connectivity index (χ1n) is 6.03. The monoisotopic (exact) mass is 218 g/mol. The van der Waals surface area contributed by atoms with Crippen molar-refractivity contribution in [2.75, 3.05) is 17.6 Å². The molecule has 2 fully saturated rings. The number of nitrogen functional groups attached to an aromatic ring is 1. The van der Waals surface area contributed by atoms with Crippen LogP contribution in [0.25, 0.3) is 0 Å². The van der Waals surface area contributed by atoms with Crippen molar-refractivity contribution in [2.24, 2.45) is 11.3 Å². The molecule has 0 radical (unpaired) electrons. The van der Waals surface area contributed by atoms with Gasteiger partial charge in [0.15, 0.2) is 0 Å². The largest absolute Gasteiger partial charge is 0.369 e. The van der Waals surface area contributed by atoms with Crippen LogP contribution in [0, 0.1) is 18.3 Å². The summed E-state index contributed by atoms with van der Waals surface area (Å²) in [7, 11) is 0. The molecular formula is C12H18N4. The summed E-state index contributed by atoms with van der Waals surface area (Å²) in [5.41, 5.74) is 7.14. The Morgan fingerprint density at radius 2 is 2.19 bits per heavy atom. The molecule has 0 bridgehead atoms. The van der Waals surface area contributed by atoms with Crippen molar-refractivity contribution in [3.8, 4) is 0 Å². The molecule has 0 spiro atoms. The van der Waals surface area contributed by atoms with Gasteiger partial charge in [-0.2, -0.15) is 4.98 Å². The van der Waals surface area contributed by atoms with Gasteiger partial charge in [-0.05, 0) is 43.9 Å². The van der Waals surface area contributed by atoms with Crippen molar-refractivity contribution in [2.45, 2.75) is 32.6 Å². The second-order valence-corrected chi connectivity index (χ2v) is 5.24. The van der Waals surface area contributed by atoms with Crippen molar-refractivity contribution < 1.29 is 0 Å². The Bertz CT molecular complexity index is 387. The molecule has 0 aromatic carbocycles. The smallest absolute Gasteiger partial charge is 0.222 e. The van der Waals surface area contributed by atoms with Crippen molar-refractivity contribution in [3.63, 3.8) is 0 Å². The zero-order valence-electron chi connectivity index (χ0n) is 9.66. The maximum atomic E-state index is 5.62. The molecular weight excluding hydrogens is 200 g/mol. The van der Waals surface area contributed by atoms with Crippen molar-refractivity contribution >= 4 is 11.8 Å². The molecule has 2 aliphatic rings. The zero-order chi connectivity index (χ0) is 11.2. The Kier molecular flexibility index (Phi) is 2.06. The fourth-order valence-corrected chi connectivity index (χ4v) is 2.53. The van der Waals surface area contributed by atoms with Crippen LogP contribution in [-0.2, 0) is 0 Å². The fourth-order valence-electron chi connectivity index (χ4n) is 2.53. The first kappa shape index (κ1) is 9.87. The lowest BCUT2D eigenvalue weighted by atomic mass is 10.0. The minimum atomic E-state index is 0.360. The normalized spacial score (nSPS) is 21.8. The standard InChI is InChI=1S/C12H18N4/c1-8-6-10(16-11(13)15-8)14-7-12(4-5-12)9-2-3-9/h6,9H,2-5,7H2,1H3,(H3,13,14,15,16). The van der Waals surface area contributed by atoms with E-state index in [2.05, 4.69) is 15.3 Å². The molecule has 0 aliphatic heterocycles. The number of hydrogen-bond donors (Lipinski definition) is 2. The number of aryl methyl sites for hydroxylation is 1. The van der Waals surface area contributed by atoms with E-state index in [0.717, 1.165) is 24.0 Å². The van der Waals surface area contributed by atoms with Gasteiger partial charge in [0, 0.05) is 18.3 Å². The summed E-state index contributed by atoms with van der Waals surface area (Å²) in [6, 6.07) is 1.96. The van der Waals surface area contributed by atoms with E-state index in [9.17, 15) is 0 Å². The van der Waals surface area contributed by atoms with Gasteiger partial charge in [-0.25, -0.2) is 4.98 Å². The summed E-state index contributed by atoms with van der Waals surface area (Å²) >= 11 is 0. The predicted octanol–water partition coefficient (Wildman–Crippen LogP) is 1.97. The van der Waals surface area contributed by atoms with Gasteiger partial charge in [0.25, 0.3) is 0 Å². The molecule has 0 atom stereocenters. The fraction of sp³-hybridized carbons (Fsp3) is 0.667. The van der Waals surface area contributed by atoms with Crippen molar-refractivity contribution in [1.29, 1.82) is 0 Å². The van der Waals surface area contributed by atoms with Gasteiger partial charge in [-0.15, -0.1) is 0 Å². The molecule has 0 amide bonds. The van der Waals surface area contributed by atoms with Gasteiger partial charge >= 0.3 is 0 Å². The molecule has 0 unspecified atom stereocenters. The lowest BCUT2D eigenvalue weighted by Crippen LogP contribution is -2.18.